The van der Waals surface area contributed by atoms with Gasteiger partial charge in [-0.1, -0.05) is 32.4 Å². The average Bonchev–Trinajstić information content (AvgIpc) is 2.22. The van der Waals surface area contributed by atoms with E-state index in [4.69, 9.17) is 11.6 Å². The van der Waals surface area contributed by atoms with Crippen LogP contribution in [0.4, 0.5) is 4.39 Å². The van der Waals surface area contributed by atoms with Gasteiger partial charge >= 0.3 is 0 Å². The molecule has 0 aliphatic heterocycles. The molecule has 0 spiro atoms. The smallest absolute Gasteiger partial charge is 0.123 e. The summed E-state index contributed by atoms with van der Waals surface area (Å²) >= 11 is 5.97. The normalized spacial score (nSPS) is 13.1. The number of hydrogen-bond acceptors (Lipinski definition) is 1. The Kier molecular flexibility index (Phi) is 5.23. The number of benzene rings is 1. The van der Waals surface area contributed by atoms with E-state index in [1.807, 2.05) is 0 Å². The van der Waals surface area contributed by atoms with Crippen molar-refractivity contribution in [3.63, 3.8) is 0 Å². The van der Waals surface area contributed by atoms with Gasteiger partial charge in [-0.15, -0.1) is 0 Å². The molecule has 1 aromatic carbocycles. The summed E-state index contributed by atoms with van der Waals surface area (Å²) in [6.45, 7) is 8.13. The van der Waals surface area contributed by atoms with Crippen molar-refractivity contribution in [3.8, 4) is 0 Å². The Balaban J connectivity index is 2.45. The topological polar surface area (TPSA) is 12.0 Å². The molecular weight excluding hydrogens is 225 g/mol. The third-order valence-corrected chi connectivity index (χ3v) is 3.30. The minimum atomic E-state index is -0.238. The van der Waals surface area contributed by atoms with Gasteiger partial charge in [-0.05, 0) is 42.1 Å². The lowest BCUT2D eigenvalue weighted by Gasteiger charge is -2.16. The molecule has 0 bridgehead atoms. The van der Waals surface area contributed by atoms with Gasteiger partial charge in [-0.2, -0.15) is 0 Å². The van der Waals surface area contributed by atoms with Crippen LogP contribution in [0, 0.1) is 17.7 Å². The maximum atomic E-state index is 13.0. The van der Waals surface area contributed by atoms with E-state index < -0.39 is 0 Å². The summed E-state index contributed by atoms with van der Waals surface area (Å²) in [5, 5.41) is 3.92. The lowest BCUT2D eigenvalue weighted by atomic mass is 9.98. The van der Waals surface area contributed by atoms with Gasteiger partial charge in [0.25, 0.3) is 0 Å². The zero-order valence-corrected chi connectivity index (χ0v) is 10.8. The molecule has 1 unspecified atom stereocenters. The highest BCUT2D eigenvalue weighted by atomic mass is 35.5. The summed E-state index contributed by atoms with van der Waals surface area (Å²) < 4.78 is 13.0. The van der Waals surface area contributed by atoms with Crippen LogP contribution >= 0.6 is 11.6 Å². The molecular formula is C13H19ClFN. The molecule has 0 radical (unpaired) electrons. The van der Waals surface area contributed by atoms with Crippen molar-refractivity contribution in [1.29, 1.82) is 0 Å². The summed E-state index contributed by atoms with van der Waals surface area (Å²) in [4.78, 5) is 0. The summed E-state index contributed by atoms with van der Waals surface area (Å²) in [5.41, 5.74) is 0.817. The molecule has 1 rings (SSSR count). The van der Waals surface area contributed by atoms with Crippen LogP contribution in [0.15, 0.2) is 18.2 Å². The minimum Gasteiger partial charge on any atom is -0.312 e. The van der Waals surface area contributed by atoms with Crippen molar-refractivity contribution >= 4 is 11.6 Å². The molecule has 0 aromatic heterocycles. The van der Waals surface area contributed by atoms with Gasteiger partial charge in [0.2, 0.25) is 0 Å². The van der Waals surface area contributed by atoms with Crippen LogP contribution in [0.25, 0.3) is 0 Å². The van der Waals surface area contributed by atoms with E-state index in [1.54, 1.807) is 6.07 Å². The summed E-state index contributed by atoms with van der Waals surface area (Å²) in [6, 6.07) is 4.46. The Labute approximate surface area is 102 Å². The summed E-state index contributed by atoms with van der Waals surface area (Å²) in [5.74, 6) is 1.01. The fraction of sp³-hybridized carbons (Fsp3) is 0.538. The molecule has 0 aliphatic rings. The second-order valence-corrected chi connectivity index (χ2v) is 5.00. The highest BCUT2D eigenvalue weighted by molar-refractivity contribution is 6.31. The van der Waals surface area contributed by atoms with Gasteiger partial charge in [0.05, 0.1) is 0 Å². The molecule has 0 fully saturated rings. The maximum absolute atomic E-state index is 13.0. The third-order valence-electron chi connectivity index (χ3n) is 2.93. The van der Waals surface area contributed by atoms with E-state index in [2.05, 4.69) is 26.1 Å². The highest BCUT2D eigenvalue weighted by Crippen LogP contribution is 2.17. The first-order valence-corrected chi connectivity index (χ1v) is 6.03. The first kappa shape index (κ1) is 13.5. The third kappa shape index (κ3) is 4.11. The van der Waals surface area contributed by atoms with Gasteiger partial charge in [0, 0.05) is 11.6 Å². The predicted octanol–water partition coefficient (Wildman–Crippen LogP) is 3.86. The lowest BCUT2D eigenvalue weighted by molar-refractivity contribution is 0.392. The van der Waals surface area contributed by atoms with Crippen LogP contribution in [0.1, 0.15) is 26.3 Å². The first-order valence-electron chi connectivity index (χ1n) is 5.65. The molecule has 90 valence electrons. The first-order chi connectivity index (χ1) is 7.50. The standard InChI is InChI=1S/C13H19ClFN/c1-9(2)10(3)7-16-8-11-6-12(15)4-5-13(11)14/h4-6,9-10,16H,7-8H2,1-3H3. The molecule has 1 aromatic rings. The van der Waals surface area contributed by atoms with Crippen LogP contribution in [0.5, 0.6) is 0 Å². The van der Waals surface area contributed by atoms with Gasteiger partial charge in [-0.25, -0.2) is 4.39 Å². The van der Waals surface area contributed by atoms with E-state index in [-0.39, 0.29) is 5.82 Å². The van der Waals surface area contributed by atoms with E-state index >= 15 is 0 Å². The Bertz CT molecular complexity index is 339. The molecule has 0 heterocycles. The van der Waals surface area contributed by atoms with Crippen LogP contribution in [-0.2, 0) is 6.54 Å². The highest BCUT2D eigenvalue weighted by Gasteiger charge is 2.07. The second kappa shape index (κ2) is 6.21. The van der Waals surface area contributed by atoms with Gasteiger partial charge in [-0.3, -0.25) is 0 Å². The van der Waals surface area contributed by atoms with Crippen LogP contribution in [0.2, 0.25) is 5.02 Å². The maximum Gasteiger partial charge on any atom is 0.123 e. The van der Waals surface area contributed by atoms with E-state index in [1.165, 1.54) is 12.1 Å². The number of rotatable bonds is 5. The SMILES string of the molecule is CC(C)C(C)CNCc1cc(F)ccc1Cl. The predicted molar refractivity (Wildman–Crippen MR) is 67.1 cm³/mol. The van der Waals surface area contributed by atoms with Crippen molar-refractivity contribution in [3.05, 3.63) is 34.6 Å². The number of nitrogens with one attached hydrogen (secondary N) is 1. The van der Waals surface area contributed by atoms with Gasteiger partial charge in [0.15, 0.2) is 0 Å². The van der Waals surface area contributed by atoms with E-state index in [9.17, 15) is 4.39 Å². The molecule has 1 atom stereocenters. The Morgan fingerprint density at radius 2 is 2.00 bits per heavy atom. The molecule has 0 saturated carbocycles. The average molecular weight is 244 g/mol. The zero-order chi connectivity index (χ0) is 12.1. The number of hydrogen-bond donors (Lipinski definition) is 1. The second-order valence-electron chi connectivity index (χ2n) is 4.59. The van der Waals surface area contributed by atoms with Crippen molar-refractivity contribution in [2.45, 2.75) is 27.3 Å². The van der Waals surface area contributed by atoms with Crippen LogP contribution in [0.3, 0.4) is 0 Å². The molecule has 16 heavy (non-hydrogen) atoms. The van der Waals surface area contributed by atoms with Crippen molar-refractivity contribution in [2.24, 2.45) is 11.8 Å². The van der Waals surface area contributed by atoms with E-state index in [0.29, 0.717) is 23.4 Å². The summed E-state index contributed by atoms with van der Waals surface area (Å²) in [6.07, 6.45) is 0. The quantitative estimate of drug-likeness (QED) is 0.828. The molecule has 1 N–H and O–H groups in total. The summed E-state index contributed by atoms with van der Waals surface area (Å²) in [7, 11) is 0. The largest absolute Gasteiger partial charge is 0.312 e. The van der Waals surface area contributed by atoms with Crippen LogP contribution in [-0.4, -0.2) is 6.54 Å². The van der Waals surface area contributed by atoms with E-state index in [0.717, 1.165) is 12.1 Å². The minimum absolute atomic E-state index is 0.238. The zero-order valence-electron chi connectivity index (χ0n) is 10.1. The Hall–Kier alpha value is -0.600. The van der Waals surface area contributed by atoms with Crippen molar-refractivity contribution < 1.29 is 4.39 Å². The molecule has 0 amide bonds. The molecule has 0 aliphatic carbocycles. The number of halogens is 2. The monoisotopic (exact) mass is 243 g/mol. The van der Waals surface area contributed by atoms with Crippen molar-refractivity contribution in [2.75, 3.05) is 6.54 Å². The molecule has 1 nitrogen and oxygen atoms in total. The fourth-order valence-electron chi connectivity index (χ4n) is 1.35. The van der Waals surface area contributed by atoms with Gasteiger partial charge in [0.1, 0.15) is 5.82 Å². The van der Waals surface area contributed by atoms with Gasteiger partial charge < -0.3 is 5.32 Å². The fourth-order valence-corrected chi connectivity index (χ4v) is 1.53. The van der Waals surface area contributed by atoms with Crippen molar-refractivity contribution in [1.82, 2.24) is 5.32 Å². The Morgan fingerprint density at radius 1 is 1.31 bits per heavy atom. The Morgan fingerprint density at radius 3 is 2.62 bits per heavy atom. The van der Waals surface area contributed by atoms with Crippen LogP contribution < -0.4 is 5.32 Å². The molecule has 3 heteroatoms. The molecule has 0 saturated heterocycles. The lowest BCUT2D eigenvalue weighted by Crippen LogP contribution is -2.23.